The molecular formula is C19H27N5O2. The first-order valence-corrected chi connectivity index (χ1v) is 8.82. The average Bonchev–Trinajstić information content (AvgIpc) is 3.18. The summed E-state index contributed by atoms with van der Waals surface area (Å²) in [6.45, 7) is 5.47. The summed E-state index contributed by atoms with van der Waals surface area (Å²) in [5, 5.41) is 7.62. The van der Waals surface area contributed by atoms with E-state index in [2.05, 4.69) is 22.3 Å². The van der Waals surface area contributed by atoms with E-state index in [1.54, 1.807) is 7.11 Å². The summed E-state index contributed by atoms with van der Waals surface area (Å²) in [6, 6.07) is 7.57. The van der Waals surface area contributed by atoms with Gasteiger partial charge in [0.1, 0.15) is 5.75 Å². The number of ether oxygens (including phenoxy) is 2. The first-order chi connectivity index (χ1) is 12.5. The average molecular weight is 357 g/mol. The summed E-state index contributed by atoms with van der Waals surface area (Å²) in [7, 11) is 3.61. The van der Waals surface area contributed by atoms with Crippen LogP contribution in [0.25, 0.3) is 0 Å². The van der Waals surface area contributed by atoms with E-state index >= 15 is 0 Å². The van der Waals surface area contributed by atoms with Crippen LogP contribution in [0.2, 0.25) is 0 Å². The maximum atomic E-state index is 6.05. The molecule has 0 saturated carbocycles. The van der Waals surface area contributed by atoms with Crippen LogP contribution in [0.5, 0.6) is 5.75 Å². The van der Waals surface area contributed by atoms with E-state index in [1.807, 2.05) is 42.9 Å². The van der Waals surface area contributed by atoms with Crippen molar-refractivity contribution in [3.05, 3.63) is 41.2 Å². The topological polar surface area (TPSA) is 86.7 Å². The highest BCUT2D eigenvalue weighted by Crippen LogP contribution is 2.37. The molecule has 7 nitrogen and oxygen atoms in total. The second-order valence-electron chi connectivity index (χ2n) is 6.63. The number of rotatable bonds is 5. The highest BCUT2D eigenvalue weighted by Gasteiger charge is 2.33. The number of nitrogens with one attached hydrogen (secondary N) is 1. The van der Waals surface area contributed by atoms with Gasteiger partial charge in [0.25, 0.3) is 0 Å². The predicted molar refractivity (Wildman–Crippen MR) is 103 cm³/mol. The maximum absolute atomic E-state index is 6.05. The minimum absolute atomic E-state index is 0.0289. The number of methoxy groups -OCH3 is 1. The Kier molecular flexibility index (Phi) is 5.46. The Labute approximate surface area is 154 Å². The van der Waals surface area contributed by atoms with Crippen LogP contribution in [0.3, 0.4) is 0 Å². The highest BCUT2D eigenvalue weighted by molar-refractivity contribution is 5.92. The molecule has 0 aliphatic carbocycles. The third kappa shape index (κ3) is 3.83. The van der Waals surface area contributed by atoms with Crippen molar-refractivity contribution in [2.45, 2.75) is 26.4 Å². The van der Waals surface area contributed by atoms with Gasteiger partial charge in [-0.25, -0.2) is 0 Å². The zero-order valence-electron chi connectivity index (χ0n) is 15.8. The molecule has 1 aromatic carbocycles. The Balaban J connectivity index is 1.66. The molecule has 2 heterocycles. The zero-order chi connectivity index (χ0) is 18.7. The normalized spacial score (nSPS) is 20.4. The summed E-state index contributed by atoms with van der Waals surface area (Å²) in [5.74, 6) is 1.51. The Hall–Kier alpha value is -2.54. The van der Waals surface area contributed by atoms with Crippen LogP contribution in [-0.4, -0.2) is 36.0 Å². The summed E-state index contributed by atoms with van der Waals surface area (Å²) in [5.41, 5.74) is 10.3. The molecule has 1 aliphatic rings. The molecule has 0 bridgehead atoms. The smallest absolute Gasteiger partial charge is 0.193 e. The van der Waals surface area contributed by atoms with Crippen molar-refractivity contribution in [3.8, 4) is 5.75 Å². The Morgan fingerprint density at radius 1 is 1.38 bits per heavy atom. The van der Waals surface area contributed by atoms with Gasteiger partial charge < -0.3 is 20.5 Å². The van der Waals surface area contributed by atoms with E-state index < -0.39 is 0 Å². The summed E-state index contributed by atoms with van der Waals surface area (Å²) in [6.07, 6.45) is 0.999. The van der Waals surface area contributed by atoms with E-state index in [9.17, 15) is 0 Å². The molecule has 1 saturated heterocycles. The fourth-order valence-corrected chi connectivity index (χ4v) is 3.42. The van der Waals surface area contributed by atoms with E-state index in [-0.39, 0.29) is 6.10 Å². The molecule has 1 fully saturated rings. The number of guanidine groups is 1. The standard InChI is InChI=1S/C19H27N5O2/c1-12-17(13(2)24(3)23-12)18-14(9-10-26-18)11-21-19(20)22-15-5-7-16(25-4)8-6-15/h5-8,14,18H,9-11H2,1-4H3,(H3,20,21,22)/t14-,18+/m0/s1. The first kappa shape index (κ1) is 18.3. The quantitative estimate of drug-likeness (QED) is 0.634. The number of anilines is 1. The Morgan fingerprint density at radius 3 is 2.73 bits per heavy atom. The molecule has 2 aromatic rings. The van der Waals surface area contributed by atoms with Gasteiger partial charge in [-0.05, 0) is 44.5 Å². The summed E-state index contributed by atoms with van der Waals surface area (Å²) in [4.78, 5) is 4.53. The van der Waals surface area contributed by atoms with Crippen LogP contribution in [-0.2, 0) is 11.8 Å². The van der Waals surface area contributed by atoms with Crippen molar-refractivity contribution >= 4 is 11.6 Å². The van der Waals surface area contributed by atoms with E-state index in [0.29, 0.717) is 18.4 Å². The van der Waals surface area contributed by atoms with Gasteiger partial charge in [-0.15, -0.1) is 0 Å². The molecule has 3 N–H and O–H groups in total. The number of nitrogens with zero attached hydrogens (tertiary/aromatic N) is 3. The second kappa shape index (κ2) is 7.78. The van der Waals surface area contributed by atoms with Crippen molar-refractivity contribution in [2.75, 3.05) is 25.6 Å². The molecule has 0 amide bonds. The fourth-order valence-electron chi connectivity index (χ4n) is 3.42. The van der Waals surface area contributed by atoms with Crippen molar-refractivity contribution in [2.24, 2.45) is 23.7 Å². The van der Waals surface area contributed by atoms with E-state index in [4.69, 9.17) is 15.2 Å². The summed E-state index contributed by atoms with van der Waals surface area (Å²) < 4.78 is 13.1. The first-order valence-electron chi connectivity index (χ1n) is 8.82. The fraction of sp³-hybridized carbons (Fsp3) is 0.474. The monoisotopic (exact) mass is 357 g/mol. The van der Waals surface area contributed by atoms with Crippen molar-refractivity contribution in [3.63, 3.8) is 0 Å². The second-order valence-corrected chi connectivity index (χ2v) is 6.63. The van der Waals surface area contributed by atoms with Crippen LogP contribution >= 0.6 is 0 Å². The lowest BCUT2D eigenvalue weighted by atomic mass is 9.94. The van der Waals surface area contributed by atoms with E-state index in [1.165, 1.54) is 5.56 Å². The zero-order valence-corrected chi connectivity index (χ0v) is 15.8. The van der Waals surface area contributed by atoms with Gasteiger partial charge in [0.15, 0.2) is 5.96 Å². The Morgan fingerprint density at radius 2 is 2.12 bits per heavy atom. The van der Waals surface area contributed by atoms with Gasteiger partial charge in [0.2, 0.25) is 0 Å². The minimum Gasteiger partial charge on any atom is -0.497 e. The molecule has 0 spiro atoms. The van der Waals surface area contributed by atoms with Crippen LogP contribution in [0.15, 0.2) is 29.3 Å². The van der Waals surface area contributed by atoms with Crippen LogP contribution in [0, 0.1) is 19.8 Å². The molecule has 26 heavy (non-hydrogen) atoms. The lowest BCUT2D eigenvalue weighted by Crippen LogP contribution is -2.24. The van der Waals surface area contributed by atoms with Gasteiger partial charge in [-0.3, -0.25) is 9.67 Å². The van der Waals surface area contributed by atoms with Crippen molar-refractivity contribution in [1.29, 1.82) is 0 Å². The highest BCUT2D eigenvalue weighted by atomic mass is 16.5. The minimum atomic E-state index is 0.0289. The molecule has 1 aromatic heterocycles. The van der Waals surface area contributed by atoms with Crippen LogP contribution in [0.4, 0.5) is 5.69 Å². The number of aliphatic imine (C=N–C) groups is 1. The van der Waals surface area contributed by atoms with Gasteiger partial charge in [0, 0.05) is 43.1 Å². The molecule has 140 valence electrons. The SMILES string of the molecule is COc1ccc(NC(N)=NC[C@@H]2CCO[C@H]2c2c(C)nn(C)c2C)cc1. The number of benzene rings is 1. The largest absolute Gasteiger partial charge is 0.497 e. The van der Waals surface area contributed by atoms with Gasteiger partial charge in [-0.2, -0.15) is 5.10 Å². The molecule has 0 unspecified atom stereocenters. The van der Waals surface area contributed by atoms with Crippen molar-refractivity contribution in [1.82, 2.24) is 9.78 Å². The number of aromatic nitrogens is 2. The summed E-state index contributed by atoms with van der Waals surface area (Å²) >= 11 is 0. The van der Waals surface area contributed by atoms with Crippen LogP contribution in [0.1, 0.15) is 29.5 Å². The molecular weight excluding hydrogens is 330 g/mol. The maximum Gasteiger partial charge on any atom is 0.193 e. The lowest BCUT2D eigenvalue weighted by Gasteiger charge is -2.18. The molecule has 1 aliphatic heterocycles. The molecule has 7 heteroatoms. The van der Waals surface area contributed by atoms with Gasteiger partial charge in [-0.1, -0.05) is 0 Å². The number of hydrogen-bond donors (Lipinski definition) is 2. The molecule has 3 rings (SSSR count). The van der Waals surface area contributed by atoms with Crippen LogP contribution < -0.4 is 15.8 Å². The molecule has 0 radical (unpaired) electrons. The number of hydrogen-bond acceptors (Lipinski definition) is 4. The predicted octanol–water partition coefficient (Wildman–Crippen LogP) is 2.55. The van der Waals surface area contributed by atoms with Gasteiger partial charge in [0.05, 0.1) is 18.9 Å². The van der Waals surface area contributed by atoms with Gasteiger partial charge >= 0.3 is 0 Å². The number of aryl methyl sites for hydroxylation is 2. The van der Waals surface area contributed by atoms with E-state index in [0.717, 1.165) is 35.9 Å². The molecule has 2 atom stereocenters. The lowest BCUT2D eigenvalue weighted by molar-refractivity contribution is 0.0915. The van der Waals surface area contributed by atoms with Crippen molar-refractivity contribution < 1.29 is 9.47 Å². The third-order valence-electron chi connectivity index (χ3n) is 4.92. The number of nitrogens with two attached hydrogens (primary N) is 1. The Bertz CT molecular complexity index is 782. The third-order valence-corrected chi connectivity index (χ3v) is 4.92.